The molecule has 144 valence electrons. The maximum atomic E-state index is 12.2. The van der Waals surface area contributed by atoms with E-state index in [4.69, 9.17) is 0 Å². The van der Waals surface area contributed by atoms with Gasteiger partial charge in [-0.25, -0.2) is 12.7 Å². The van der Waals surface area contributed by atoms with Crippen LogP contribution >= 0.6 is 0 Å². The fourth-order valence-corrected chi connectivity index (χ4v) is 3.38. The molecule has 1 unspecified atom stereocenters. The predicted molar refractivity (Wildman–Crippen MR) is 102 cm³/mol. The molecule has 0 aromatic heterocycles. The molecule has 0 aliphatic carbocycles. The molecule has 0 radical (unpaired) electrons. The zero-order chi connectivity index (χ0) is 20.0. The molecule has 2 aromatic carbocycles. The van der Waals surface area contributed by atoms with E-state index in [2.05, 4.69) is 10.9 Å². The minimum absolute atomic E-state index is 0.00309. The van der Waals surface area contributed by atoms with Crippen LogP contribution in [0.1, 0.15) is 35.2 Å². The van der Waals surface area contributed by atoms with E-state index in [9.17, 15) is 18.0 Å². The number of rotatable bonds is 6. The Balaban J connectivity index is 1.97. The Morgan fingerprint density at radius 3 is 2.30 bits per heavy atom. The van der Waals surface area contributed by atoms with Crippen LogP contribution in [0.25, 0.3) is 0 Å². The zero-order valence-corrected chi connectivity index (χ0v) is 16.3. The Labute approximate surface area is 159 Å². The van der Waals surface area contributed by atoms with E-state index in [0.717, 1.165) is 9.87 Å². The standard InChI is InChI=1S/C19H23N3O4S/c1-14(15-8-5-4-6-9-15)12-18(23)20-21-19(24)16-10-7-11-17(13-16)27(25,26)22(2)3/h4-11,13-14H,12H2,1-3H3,(H,20,23)(H,21,24). The fraction of sp³-hybridized carbons (Fsp3) is 0.263. The molecule has 0 spiro atoms. The summed E-state index contributed by atoms with van der Waals surface area (Å²) in [6.45, 7) is 1.92. The lowest BCUT2D eigenvalue weighted by molar-refractivity contribution is -0.122. The number of hydrogen-bond acceptors (Lipinski definition) is 4. The number of amides is 2. The Morgan fingerprint density at radius 1 is 1.00 bits per heavy atom. The van der Waals surface area contributed by atoms with Gasteiger partial charge in [0, 0.05) is 26.1 Å². The second-order valence-electron chi connectivity index (χ2n) is 6.33. The molecule has 0 saturated heterocycles. The molecule has 0 bridgehead atoms. The highest BCUT2D eigenvalue weighted by atomic mass is 32.2. The Bertz CT molecular complexity index is 912. The van der Waals surface area contributed by atoms with Crippen LogP contribution in [-0.4, -0.2) is 38.6 Å². The van der Waals surface area contributed by atoms with Gasteiger partial charge in [-0.2, -0.15) is 0 Å². The topological polar surface area (TPSA) is 95.6 Å². The van der Waals surface area contributed by atoms with E-state index >= 15 is 0 Å². The zero-order valence-electron chi connectivity index (χ0n) is 15.5. The van der Waals surface area contributed by atoms with E-state index in [1.165, 1.54) is 38.4 Å². The van der Waals surface area contributed by atoms with Gasteiger partial charge in [-0.1, -0.05) is 43.3 Å². The van der Waals surface area contributed by atoms with Gasteiger partial charge < -0.3 is 0 Å². The summed E-state index contributed by atoms with van der Waals surface area (Å²) < 4.78 is 25.4. The number of benzene rings is 2. The molecule has 0 saturated carbocycles. The highest BCUT2D eigenvalue weighted by molar-refractivity contribution is 7.89. The molecule has 7 nitrogen and oxygen atoms in total. The van der Waals surface area contributed by atoms with E-state index in [0.29, 0.717) is 0 Å². The third-order valence-corrected chi connectivity index (χ3v) is 5.86. The van der Waals surface area contributed by atoms with Crippen LogP contribution in [0.2, 0.25) is 0 Å². The summed E-state index contributed by atoms with van der Waals surface area (Å²) in [5.41, 5.74) is 5.84. The van der Waals surface area contributed by atoms with Crippen molar-refractivity contribution in [1.29, 1.82) is 0 Å². The van der Waals surface area contributed by atoms with Crippen molar-refractivity contribution in [2.45, 2.75) is 24.2 Å². The van der Waals surface area contributed by atoms with E-state index in [1.54, 1.807) is 0 Å². The molecule has 8 heteroatoms. The number of carbonyl (C=O) groups excluding carboxylic acids is 2. The van der Waals surface area contributed by atoms with Crippen molar-refractivity contribution in [2.75, 3.05) is 14.1 Å². The lowest BCUT2D eigenvalue weighted by atomic mass is 9.98. The quantitative estimate of drug-likeness (QED) is 0.738. The summed E-state index contributed by atoms with van der Waals surface area (Å²) >= 11 is 0. The average molecular weight is 389 g/mol. The maximum absolute atomic E-state index is 12.2. The number of hydrogen-bond donors (Lipinski definition) is 2. The van der Waals surface area contributed by atoms with Crippen LogP contribution in [0, 0.1) is 0 Å². The molecule has 2 aromatic rings. The summed E-state index contributed by atoms with van der Waals surface area (Å²) in [5, 5.41) is 0. The van der Waals surface area contributed by atoms with Crippen molar-refractivity contribution in [3.63, 3.8) is 0 Å². The largest absolute Gasteiger partial charge is 0.273 e. The molecule has 2 amide bonds. The first kappa shape index (κ1) is 20.6. The monoisotopic (exact) mass is 389 g/mol. The highest BCUT2D eigenvalue weighted by Gasteiger charge is 2.19. The summed E-state index contributed by atoms with van der Waals surface area (Å²) in [6.07, 6.45) is 0.208. The van der Waals surface area contributed by atoms with Gasteiger partial charge in [-0.3, -0.25) is 20.4 Å². The molecule has 0 aliphatic heterocycles. The third-order valence-electron chi connectivity index (χ3n) is 4.05. The van der Waals surface area contributed by atoms with Gasteiger partial charge in [0.25, 0.3) is 5.91 Å². The predicted octanol–water partition coefficient (Wildman–Crippen LogP) is 1.89. The summed E-state index contributed by atoms with van der Waals surface area (Å²) in [7, 11) is -0.819. The van der Waals surface area contributed by atoms with Crippen molar-refractivity contribution in [1.82, 2.24) is 15.2 Å². The molecule has 27 heavy (non-hydrogen) atoms. The van der Waals surface area contributed by atoms with E-state index in [-0.39, 0.29) is 28.7 Å². The van der Waals surface area contributed by atoms with Crippen LogP contribution < -0.4 is 10.9 Å². The number of nitrogens with zero attached hydrogens (tertiary/aromatic N) is 1. The van der Waals surface area contributed by atoms with Crippen molar-refractivity contribution >= 4 is 21.8 Å². The van der Waals surface area contributed by atoms with Crippen LogP contribution in [0.3, 0.4) is 0 Å². The van der Waals surface area contributed by atoms with Gasteiger partial charge in [0.2, 0.25) is 15.9 Å². The average Bonchev–Trinajstić information content (AvgIpc) is 2.66. The first-order valence-corrected chi connectivity index (χ1v) is 9.82. The van der Waals surface area contributed by atoms with Gasteiger partial charge in [-0.05, 0) is 29.7 Å². The second kappa shape index (κ2) is 8.79. The van der Waals surface area contributed by atoms with Gasteiger partial charge in [-0.15, -0.1) is 0 Å². The molecular formula is C19H23N3O4S. The maximum Gasteiger partial charge on any atom is 0.269 e. The Morgan fingerprint density at radius 2 is 1.67 bits per heavy atom. The van der Waals surface area contributed by atoms with Gasteiger partial charge >= 0.3 is 0 Å². The molecule has 0 heterocycles. The van der Waals surface area contributed by atoms with Gasteiger partial charge in [0.05, 0.1) is 4.90 Å². The minimum Gasteiger partial charge on any atom is -0.273 e. The van der Waals surface area contributed by atoms with Gasteiger partial charge in [0.15, 0.2) is 0 Å². The fourth-order valence-electron chi connectivity index (χ4n) is 2.44. The first-order chi connectivity index (χ1) is 12.7. The second-order valence-corrected chi connectivity index (χ2v) is 8.49. The SMILES string of the molecule is CC(CC(=O)NNC(=O)c1cccc(S(=O)(=O)N(C)C)c1)c1ccccc1. The minimum atomic E-state index is -3.64. The molecule has 2 N–H and O–H groups in total. The van der Waals surface area contributed by atoms with Crippen LogP contribution in [0.4, 0.5) is 0 Å². The van der Waals surface area contributed by atoms with Crippen molar-refractivity contribution < 1.29 is 18.0 Å². The molecule has 0 fully saturated rings. The number of carbonyl (C=O) groups is 2. The normalized spacial score (nSPS) is 12.4. The molecular weight excluding hydrogens is 366 g/mol. The number of nitrogens with one attached hydrogen (secondary N) is 2. The van der Waals surface area contributed by atoms with Crippen molar-refractivity contribution in [2.24, 2.45) is 0 Å². The van der Waals surface area contributed by atoms with E-state index < -0.39 is 15.9 Å². The van der Waals surface area contributed by atoms with E-state index in [1.807, 2.05) is 37.3 Å². The van der Waals surface area contributed by atoms with Crippen molar-refractivity contribution in [3.8, 4) is 0 Å². The number of sulfonamides is 1. The lowest BCUT2D eigenvalue weighted by Gasteiger charge is -2.14. The summed E-state index contributed by atoms with van der Waals surface area (Å²) in [5.74, 6) is -0.931. The molecule has 0 aliphatic rings. The molecule has 1 atom stereocenters. The number of hydrazine groups is 1. The van der Waals surface area contributed by atoms with Crippen LogP contribution in [0.15, 0.2) is 59.5 Å². The highest BCUT2D eigenvalue weighted by Crippen LogP contribution is 2.18. The Hall–Kier alpha value is -2.71. The lowest BCUT2D eigenvalue weighted by Crippen LogP contribution is -2.42. The van der Waals surface area contributed by atoms with Crippen molar-refractivity contribution in [3.05, 3.63) is 65.7 Å². The van der Waals surface area contributed by atoms with Crippen LogP contribution in [0.5, 0.6) is 0 Å². The smallest absolute Gasteiger partial charge is 0.269 e. The third kappa shape index (κ3) is 5.38. The molecule has 2 rings (SSSR count). The van der Waals surface area contributed by atoms with Crippen LogP contribution in [-0.2, 0) is 14.8 Å². The summed E-state index contributed by atoms with van der Waals surface area (Å²) in [6, 6.07) is 15.2. The first-order valence-electron chi connectivity index (χ1n) is 8.38. The summed E-state index contributed by atoms with van der Waals surface area (Å²) in [4.78, 5) is 24.3. The Kier molecular flexibility index (Phi) is 6.70. The van der Waals surface area contributed by atoms with Gasteiger partial charge in [0.1, 0.15) is 0 Å².